The number of ketones is 4. The van der Waals surface area contributed by atoms with Crippen LogP contribution in [0.25, 0.3) is 12.2 Å². The van der Waals surface area contributed by atoms with Crippen LogP contribution in [0.4, 0.5) is 0 Å². The zero-order valence-electron chi connectivity index (χ0n) is 38.6. The maximum Gasteiger partial charge on any atom is 0.219 e. The molecule has 25 nitrogen and oxygen atoms in total. The van der Waals surface area contributed by atoms with E-state index in [0.717, 1.165) is 12.2 Å². The van der Waals surface area contributed by atoms with Gasteiger partial charge in [-0.25, -0.2) is 0 Å². The molecular weight excluding hydrogens is 989 g/mol. The minimum Gasteiger partial charge on any atom is -0.508 e. The van der Waals surface area contributed by atoms with E-state index < -0.39 is 184 Å². The molecule has 0 spiro atoms. The van der Waals surface area contributed by atoms with Crippen LogP contribution in [0.15, 0.2) is 106 Å². The van der Waals surface area contributed by atoms with E-state index in [1.54, 1.807) is 0 Å². The van der Waals surface area contributed by atoms with Gasteiger partial charge in [0.2, 0.25) is 28.6 Å². The molecule has 2 aliphatic carbocycles. The first-order valence-electron chi connectivity index (χ1n) is 22.8. The first-order valence-corrected chi connectivity index (χ1v) is 22.8. The monoisotopic (exact) mass is 1040 g/mol. The zero-order valence-corrected chi connectivity index (χ0v) is 38.6. The standard InChI is InChI=1S/C49H54O25/c1-2-24-32(58)36(62)39(65)46(72-24)48(70)42(67)26(21(54)13-7-17-3-9-19(52)10-4-17)34(60)29(44(48)69)28-30-35(61)27(22(55)14-8-18-5-11-20(53)12-6-18)43(68)49(71,47-40(66)37(63)33(59)25(16-51)73-47)45(30)74-41(28)38(64)31(57)23(56)15-50/h3-14,23-25,28,31-33,36-41,46-47,50-54,56-66,70-71H,2,15-16H2,1H3/b13-7+,14-8?,26-21?/t23-,24-,25-,28-,31-,32-,33-,36+,37+,38+,39-,40-,41-,46-,47-,48+,49-/m1/s1. The average molecular weight is 1040 g/mol. The van der Waals surface area contributed by atoms with Crippen LogP contribution in [0.5, 0.6) is 11.5 Å². The summed E-state index contributed by atoms with van der Waals surface area (Å²) in [7, 11) is 0. The summed E-state index contributed by atoms with van der Waals surface area (Å²) in [6.07, 6.45) is -30.5. The largest absolute Gasteiger partial charge is 0.508 e. The highest BCUT2D eigenvalue weighted by molar-refractivity contribution is 6.30. The fourth-order valence-electron chi connectivity index (χ4n) is 9.65. The third-order valence-electron chi connectivity index (χ3n) is 13.8. The van der Waals surface area contributed by atoms with Gasteiger partial charge in [0.1, 0.15) is 125 Å². The molecule has 7 rings (SSSR count). The second kappa shape index (κ2) is 21.2. The Bertz CT molecular complexity index is 2720. The number of hydrogen-bond acceptors (Lipinski definition) is 25. The van der Waals surface area contributed by atoms with Gasteiger partial charge >= 0.3 is 0 Å². The van der Waals surface area contributed by atoms with Gasteiger partial charge < -0.3 is 106 Å². The number of hydrogen-bond donors (Lipinski definition) is 18. The Morgan fingerprint density at radius 1 is 0.649 bits per heavy atom. The van der Waals surface area contributed by atoms with Gasteiger partial charge in [0.25, 0.3) is 0 Å². The Hall–Kier alpha value is -6.24. The Labute approximate surface area is 417 Å². The van der Waals surface area contributed by atoms with E-state index in [-0.39, 0.29) is 29.0 Å². The van der Waals surface area contributed by atoms with Gasteiger partial charge in [0.05, 0.1) is 30.8 Å². The van der Waals surface area contributed by atoms with Gasteiger partial charge in [-0.3, -0.25) is 19.2 Å². The number of ether oxygens (including phenoxy) is 3. The van der Waals surface area contributed by atoms with Crippen molar-refractivity contribution < 1.29 is 125 Å². The fraction of sp³-hybridized carbons (Fsp3) is 0.429. The fourth-order valence-corrected chi connectivity index (χ4v) is 9.65. The molecule has 2 saturated heterocycles. The van der Waals surface area contributed by atoms with Crippen molar-refractivity contribution in [2.75, 3.05) is 13.2 Å². The summed E-state index contributed by atoms with van der Waals surface area (Å²) in [6.45, 7) is -1.17. The smallest absolute Gasteiger partial charge is 0.219 e. The highest BCUT2D eigenvalue weighted by atomic mass is 16.6. The van der Waals surface area contributed by atoms with E-state index in [0.29, 0.717) is 12.2 Å². The van der Waals surface area contributed by atoms with Crippen LogP contribution in [0.2, 0.25) is 0 Å². The van der Waals surface area contributed by atoms with E-state index in [1.165, 1.54) is 55.5 Å². The molecule has 400 valence electrons. The minimum atomic E-state index is -4.02. The van der Waals surface area contributed by atoms with Gasteiger partial charge in [0.15, 0.2) is 5.78 Å². The summed E-state index contributed by atoms with van der Waals surface area (Å²) in [5.74, 6) is -17.0. The van der Waals surface area contributed by atoms with Gasteiger partial charge in [-0.2, -0.15) is 0 Å². The Kier molecular flexibility index (Phi) is 15.9. The van der Waals surface area contributed by atoms with Crippen LogP contribution in [-0.4, -0.2) is 225 Å². The molecule has 18 N–H and O–H groups in total. The number of rotatable bonds is 14. The number of benzene rings is 2. The summed E-state index contributed by atoms with van der Waals surface area (Å²) in [5.41, 5.74) is -13.4. The van der Waals surface area contributed by atoms with Crippen LogP contribution in [0, 0.1) is 5.92 Å². The van der Waals surface area contributed by atoms with Crippen molar-refractivity contribution in [1.29, 1.82) is 0 Å². The van der Waals surface area contributed by atoms with Gasteiger partial charge in [-0.1, -0.05) is 43.3 Å². The highest BCUT2D eigenvalue weighted by Gasteiger charge is 2.70. The third kappa shape index (κ3) is 9.13. The molecule has 0 saturated carbocycles. The predicted octanol–water partition coefficient (Wildman–Crippen LogP) is -4.53. The first kappa shape index (κ1) is 55.5. The van der Waals surface area contributed by atoms with Gasteiger partial charge in [-0.15, -0.1) is 0 Å². The Morgan fingerprint density at radius 3 is 1.66 bits per heavy atom. The summed E-state index contributed by atoms with van der Waals surface area (Å²) >= 11 is 0. The molecule has 25 heteroatoms. The quantitative estimate of drug-likeness (QED) is 0.0367. The summed E-state index contributed by atoms with van der Waals surface area (Å²) in [5, 5.41) is 201. The molecule has 3 heterocycles. The number of phenols is 2. The van der Waals surface area contributed by atoms with Gasteiger partial charge in [0, 0.05) is 5.57 Å². The van der Waals surface area contributed by atoms with Crippen molar-refractivity contribution in [2.24, 2.45) is 5.92 Å². The van der Waals surface area contributed by atoms with Crippen LogP contribution in [-0.2, 0) is 33.4 Å². The molecule has 0 amide bonds. The molecule has 0 unspecified atom stereocenters. The normalized spacial score (nSPS) is 35.8. The first-order chi connectivity index (χ1) is 34.8. The number of aromatic hydroxyl groups is 2. The second-order valence-electron chi connectivity index (χ2n) is 18.2. The predicted molar refractivity (Wildman–Crippen MR) is 244 cm³/mol. The third-order valence-corrected chi connectivity index (χ3v) is 13.8. The number of phenolic OH excluding ortho intramolecular Hbond substituents is 2. The number of aliphatic hydroxyl groups is 16. The van der Waals surface area contributed by atoms with Crippen LogP contribution in [0.1, 0.15) is 24.5 Å². The van der Waals surface area contributed by atoms with Crippen molar-refractivity contribution in [3.05, 3.63) is 117 Å². The van der Waals surface area contributed by atoms with Crippen LogP contribution < -0.4 is 0 Å². The molecule has 0 aromatic heterocycles. The lowest BCUT2D eigenvalue weighted by Crippen LogP contribution is -2.70. The Balaban J connectivity index is 1.58. The molecule has 2 fully saturated rings. The summed E-state index contributed by atoms with van der Waals surface area (Å²) in [6, 6.07) is 9.95. The highest BCUT2D eigenvalue weighted by Crippen LogP contribution is 2.54. The van der Waals surface area contributed by atoms with E-state index in [4.69, 9.17) is 14.2 Å². The lowest BCUT2D eigenvalue weighted by molar-refractivity contribution is -0.264. The molecule has 0 radical (unpaired) electrons. The average Bonchev–Trinajstić information content (AvgIpc) is 3.78. The van der Waals surface area contributed by atoms with E-state index in [9.17, 15) is 106 Å². The number of carbonyl (C=O) groups is 4. The Morgan fingerprint density at radius 2 is 1.15 bits per heavy atom. The minimum absolute atomic E-state index is 0.158. The summed E-state index contributed by atoms with van der Waals surface area (Å²) in [4.78, 5) is 59.6. The number of Topliss-reactive ketones (excluding diaryl/α,β-unsaturated/α-hetero) is 3. The van der Waals surface area contributed by atoms with E-state index in [1.807, 2.05) is 0 Å². The SMILES string of the molecule is CC[C@H]1O[C@@H]([C@]2(O)C(=O)C(=C(O)/C=C/c3ccc(O)cc3)C(O)=C([C@@H]3C4=C(O[C@H]3[C@@H](O)[C@H](O)[C@H](O)CO)[C@@](O)([C@@H]3O[C@H](CO)[C@@H](O)[C@H](O)[C@H]3O)C(=O)C(C(=O)C=Cc3ccc(O)cc3)=C4O)C2=O)[C@H](O)[C@@H](O)[C@@H]1O. The van der Waals surface area contributed by atoms with Crippen molar-refractivity contribution in [3.63, 3.8) is 0 Å². The van der Waals surface area contributed by atoms with Crippen molar-refractivity contribution >= 4 is 35.3 Å². The molecular formula is C49H54O25. The van der Waals surface area contributed by atoms with Crippen molar-refractivity contribution in [3.8, 4) is 11.5 Å². The molecule has 2 aromatic carbocycles. The topological polar surface area (TPSA) is 460 Å². The molecule has 17 atom stereocenters. The maximum absolute atomic E-state index is 15.5. The molecule has 2 aromatic rings. The molecule has 3 aliphatic heterocycles. The zero-order chi connectivity index (χ0) is 54.6. The van der Waals surface area contributed by atoms with Crippen LogP contribution in [0.3, 0.4) is 0 Å². The number of aliphatic hydroxyl groups excluding tert-OH is 14. The lowest BCUT2D eigenvalue weighted by Gasteiger charge is -2.47. The number of carbonyl (C=O) groups excluding carboxylic acids is 4. The second-order valence-corrected chi connectivity index (χ2v) is 18.2. The number of allylic oxidation sites excluding steroid dienone is 4. The van der Waals surface area contributed by atoms with E-state index in [2.05, 4.69) is 0 Å². The molecule has 74 heavy (non-hydrogen) atoms. The maximum atomic E-state index is 15.5. The van der Waals surface area contributed by atoms with Crippen molar-refractivity contribution in [2.45, 2.75) is 110 Å². The van der Waals surface area contributed by atoms with Crippen molar-refractivity contribution in [1.82, 2.24) is 0 Å². The molecule has 0 bridgehead atoms. The molecule has 5 aliphatic rings. The lowest BCUT2D eigenvalue weighted by atomic mass is 9.65. The summed E-state index contributed by atoms with van der Waals surface area (Å²) < 4.78 is 17.2. The van der Waals surface area contributed by atoms with E-state index >= 15 is 4.79 Å². The van der Waals surface area contributed by atoms with Crippen LogP contribution >= 0.6 is 0 Å². The van der Waals surface area contributed by atoms with Gasteiger partial charge in [-0.05, 0) is 54.0 Å².